The molecule has 6 nitrogen and oxygen atoms in total. The van der Waals surface area contributed by atoms with E-state index in [-0.39, 0.29) is 11.5 Å². The monoisotopic (exact) mass is 472 g/mol. The van der Waals surface area contributed by atoms with E-state index in [2.05, 4.69) is 0 Å². The van der Waals surface area contributed by atoms with Gasteiger partial charge in [0.15, 0.2) is 11.5 Å². The number of aliphatic carboxylic acids is 2. The van der Waals surface area contributed by atoms with Gasteiger partial charge in [0, 0.05) is 0 Å². The van der Waals surface area contributed by atoms with Gasteiger partial charge in [-0.3, -0.25) is 9.59 Å². The Morgan fingerprint density at radius 1 is 0.742 bits per heavy atom. The van der Waals surface area contributed by atoms with E-state index in [9.17, 15) is 9.59 Å². The zero-order valence-electron chi connectivity index (χ0n) is 18.5. The van der Waals surface area contributed by atoms with Crippen LogP contribution in [-0.4, -0.2) is 58.4 Å². The number of hydrogen-bond acceptors (Lipinski definition) is 6. The fourth-order valence-corrected chi connectivity index (χ4v) is 4.30. The molecule has 0 saturated heterocycles. The first-order valence-electron chi connectivity index (χ1n) is 10.9. The highest BCUT2D eigenvalue weighted by molar-refractivity contribution is 8.00. The summed E-state index contributed by atoms with van der Waals surface area (Å²) in [6, 6.07) is 6.00. The number of ether oxygens (including phenoxy) is 2. The second-order valence-corrected chi connectivity index (χ2v) is 9.58. The van der Waals surface area contributed by atoms with Crippen LogP contribution in [0.15, 0.2) is 18.2 Å². The Kier molecular flexibility index (Phi) is 16.0. The van der Waals surface area contributed by atoms with E-state index >= 15 is 0 Å². The molecule has 0 unspecified atom stereocenters. The molecule has 0 saturated carbocycles. The molecule has 0 aliphatic carbocycles. The molecule has 0 radical (unpaired) electrons. The average Bonchev–Trinajstić information content (AvgIpc) is 2.72. The molecular weight excluding hydrogens is 436 g/mol. The molecule has 0 aromatic heterocycles. The standard InChI is InChI=1S/C23H36O6S2/c1-19-10-11-20(28-12-6-2-4-8-14-30-17-22(24)25)21(16-19)29-13-7-3-5-9-15-31-18-23(26)27/h10-11,16H,2-9,12-15,17-18H2,1H3,(H,24,25)(H,26,27). The Labute approximate surface area is 194 Å². The molecule has 0 spiro atoms. The lowest BCUT2D eigenvalue weighted by Gasteiger charge is -2.13. The number of carbonyl (C=O) groups is 2. The lowest BCUT2D eigenvalue weighted by atomic mass is 10.2. The Bertz CT molecular complexity index is 638. The first-order chi connectivity index (χ1) is 15.0. The van der Waals surface area contributed by atoms with Crippen LogP contribution in [0.4, 0.5) is 0 Å². The number of carboxylic acids is 2. The molecule has 0 atom stereocenters. The van der Waals surface area contributed by atoms with Crippen molar-refractivity contribution in [2.24, 2.45) is 0 Å². The molecule has 0 aliphatic rings. The van der Waals surface area contributed by atoms with E-state index in [1.807, 2.05) is 25.1 Å². The highest BCUT2D eigenvalue weighted by Crippen LogP contribution is 2.29. The molecule has 1 aromatic carbocycles. The van der Waals surface area contributed by atoms with Gasteiger partial charge in [-0.05, 0) is 61.8 Å². The fourth-order valence-electron chi connectivity index (χ4n) is 2.85. The van der Waals surface area contributed by atoms with Crippen molar-refractivity contribution >= 4 is 35.5 Å². The van der Waals surface area contributed by atoms with Gasteiger partial charge in [-0.1, -0.05) is 31.7 Å². The highest BCUT2D eigenvalue weighted by Gasteiger charge is 2.06. The van der Waals surface area contributed by atoms with Crippen LogP contribution in [0.1, 0.15) is 56.9 Å². The van der Waals surface area contributed by atoms with Gasteiger partial charge >= 0.3 is 11.9 Å². The predicted octanol–water partition coefficient (Wildman–Crippen LogP) is 5.51. The van der Waals surface area contributed by atoms with E-state index in [0.717, 1.165) is 79.9 Å². The summed E-state index contributed by atoms with van der Waals surface area (Å²) in [5, 5.41) is 17.2. The van der Waals surface area contributed by atoms with Crippen LogP contribution in [0.5, 0.6) is 11.5 Å². The number of benzene rings is 1. The van der Waals surface area contributed by atoms with Gasteiger partial charge in [0.2, 0.25) is 0 Å². The van der Waals surface area contributed by atoms with Crippen LogP contribution in [-0.2, 0) is 9.59 Å². The lowest BCUT2D eigenvalue weighted by Crippen LogP contribution is -2.03. The zero-order chi connectivity index (χ0) is 22.7. The van der Waals surface area contributed by atoms with Crippen LogP contribution in [0, 0.1) is 6.92 Å². The summed E-state index contributed by atoms with van der Waals surface area (Å²) >= 11 is 2.94. The van der Waals surface area contributed by atoms with Crippen molar-refractivity contribution in [2.45, 2.75) is 58.3 Å². The molecule has 2 N–H and O–H groups in total. The molecule has 31 heavy (non-hydrogen) atoms. The van der Waals surface area contributed by atoms with Crippen LogP contribution >= 0.6 is 23.5 Å². The molecular formula is C23H36O6S2. The number of carboxylic acid groups (broad SMARTS) is 2. The Morgan fingerprint density at radius 3 is 1.74 bits per heavy atom. The lowest BCUT2D eigenvalue weighted by molar-refractivity contribution is -0.134. The van der Waals surface area contributed by atoms with Gasteiger partial charge in [0.1, 0.15) is 0 Å². The maximum Gasteiger partial charge on any atom is 0.313 e. The van der Waals surface area contributed by atoms with E-state index in [1.54, 1.807) is 0 Å². The number of unbranched alkanes of at least 4 members (excludes halogenated alkanes) is 6. The Hall–Kier alpha value is -1.54. The second kappa shape index (κ2) is 18.1. The minimum Gasteiger partial charge on any atom is -0.490 e. The normalized spacial score (nSPS) is 10.7. The molecule has 0 heterocycles. The molecule has 1 rings (SSSR count). The number of hydrogen-bond donors (Lipinski definition) is 2. The summed E-state index contributed by atoms with van der Waals surface area (Å²) in [4.78, 5) is 20.9. The Morgan fingerprint density at radius 2 is 1.23 bits per heavy atom. The van der Waals surface area contributed by atoms with E-state index < -0.39 is 11.9 Å². The van der Waals surface area contributed by atoms with Gasteiger partial charge in [0.25, 0.3) is 0 Å². The molecule has 176 valence electrons. The van der Waals surface area contributed by atoms with Crippen LogP contribution in [0.3, 0.4) is 0 Å². The SMILES string of the molecule is Cc1ccc(OCCCCCCSCC(=O)O)c(OCCCCCCSCC(=O)O)c1. The van der Waals surface area contributed by atoms with Crippen LogP contribution < -0.4 is 9.47 Å². The molecule has 8 heteroatoms. The molecule has 0 aliphatic heterocycles. The number of thioether (sulfide) groups is 2. The third kappa shape index (κ3) is 15.8. The van der Waals surface area contributed by atoms with Crippen LogP contribution in [0.2, 0.25) is 0 Å². The second-order valence-electron chi connectivity index (χ2n) is 7.37. The van der Waals surface area contributed by atoms with Crippen molar-refractivity contribution in [3.8, 4) is 11.5 Å². The zero-order valence-corrected chi connectivity index (χ0v) is 20.1. The maximum absolute atomic E-state index is 10.5. The van der Waals surface area contributed by atoms with E-state index in [4.69, 9.17) is 19.7 Å². The first kappa shape index (κ1) is 27.5. The molecule has 1 aromatic rings. The summed E-state index contributed by atoms with van der Waals surface area (Å²) in [6.07, 6.45) is 8.32. The smallest absolute Gasteiger partial charge is 0.313 e. The highest BCUT2D eigenvalue weighted by atomic mass is 32.2. The van der Waals surface area contributed by atoms with Crippen molar-refractivity contribution in [3.05, 3.63) is 23.8 Å². The third-order valence-electron chi connectivity index (χ3n) is 4.43. The van der Waals surface area contributed by atoms with Crippen LogP contribution in [0.25, 0.3) is 0 Å². The first-order valence-corrected chi connectivity index (χ1v) is 13.3. The van der Waals surface area contributed by atoms with Gasteiger partial charge in [0.05, 0.1) is 24.7 Å². The topological polar surface area (TPSA) is 93.1 Å². The van der Waals surface area contributed by atoms with E-state index in [1.165, 1.54) is 23.5 Å². The largest absolute Gasteiger partial charge is 0.490 e. The Balaban J connectivity index is 2.14. The van der Waals surface area contributed by atoms with Crippen molar-refractivity contribution in [1.82, 2.24) is 0 Å². The summed E-state index contributed by atoms with van der Waals surface area (Å²) in [5.74, 6) is 2.24. The predicted molar refractivity (Wildman–Crippen MR) is 129 cm³/mol. The van der Waals surface area contributed by atoms with Gasteiger partial charge < -0.3 is 19.7 Å². The van der Waals surface area contributed by atoms with Crippen molar-refractivity contribution < 1.29 is 29.3 Å². The summed E-state index contributed by atoms with van der Waals surface area (Å²) in [6.45, 7) is 3.33. The molecule has 0 bridgehead atoms. The fraction of sp³-hybridized carbons (Fsp3) is 0.652. The minimum absolute atomic E-state index is 0.186. The number of rotatable bonds is 20. The summed E-state index contributed by atoms with van der Waals surface area (Å²) < 4.78 is 11.9. The molecule has 0 amide bonds. The van der Waals surface area contributed by atoms with Gasteiger partial charge in [-0.15, -0.1) is 0 Å². The molecule has 0 fully saturated rings. The van der Waals surface area contributed by atoms with Gasteiger partial charge in [-0.2, -0.15) is 23.5 Å². The quantitative estimate of drug-likeness (QED) is 0.240. The van der Waals surface area contributed by atoms with E-state index in [0.29, 0.717) is 13.2 Å². The number of aryl methyl sites for hydroxylation is 1. The average molecular weight is 473 g/mol. The third-order valence-corrected chi connectivity index (χ3v) is 6.49. The van der Waals surface area contributed by atoms with Gasteiger partial charge in [-0.25, -0.2) is 0 Å². The van der Waals surface area contributed by atoms with Crippen molar-refractivity contribution in [3.63, 3.8) is 0 Å². The van der Waals surface area contributed by atoms with Crippen molar-refractivity contribution in [2.75, 3.05) is 36.2 Å². The van der Waals surface area contributed by atoms with Crippen molar-refractivity contribution in [1.29, 1.82) is 0 Å². The maximum atomic E-state index is 10.5. The summed E-state index contributed by atoms with van der Waals surface area (Å²) in [7, 11) is 0. The summed E-state index contributed by atoms with van der Waals surface area (Å²) in [5.41, 5.74) is 1.14. The minimum atomic E-state index is -0.749.